The van der Waals surface area contributed by atoms with Crippen molar-refractivity contribution in [3.8, 4) is 0 Å². The number of nitrogens with zero attached hydrogens (tertiary/aromatic N) is 1. The molecule has 14 heavy (non-hydrogen) atoms. The molecule has 1 saturated carbocycles. The first-order chi connectivity index (χ1) is 6.63. The van der Waals surface area contributed by atoms with Crippen LogP contribution in [0.2, 0.25) is 0 Å². The molecule has 1 fully saturated rings. The largest absolute Gasteiger partial charge is 0.316 e. The van der Waals surface area contributed by atoms with E-state index in [4.69, 9.17) is 0 Å². The smallest absolute Gasteiger partial charge is 0.0163 e. The molecule has 0 aromatic rings. The van der Waals surface area contributed by atoms with Crippen molar-refractivity contribution >= 4 is 0 Å². The summed E-state index contributed by atoms with van der Waals surface area (Å²) in [5, 5.41) is 3.30. The number of rotatable bonds is 4. The summed E-state index contributed by atoms with van der Waals surface area (Å²) >= 11 is 0. The molecule has 0 bridgehead atoms. The van der Waals surface area contributed by atoms with Crippen LogP contribution in [0.25, 0.3) is 0 Å². The maximum Gasteiger partial charge on any atom is 0.0163 e. The third-order valence-electron chi connectivity index (χ3n) is 3.59. The van der Waals surface area contributed by atoms with Gasteiger partial charge in [0, 0.05) is 18.6 Å². The third kappa shape index (κ3) is 3.58. The van der Waals surface area contributed by atoms with Gasteiger partial charge in [-0.15, -0.1) is 0 Å². The lowest BCUT2D eigenvalue weighted by atomic mass is 9.86. The average molecular weight is 198 g/mol. The van der Waals surface area contributed by atoms with E-state index in [1.54, 1.807) is 0 Å². The molecular formula is C12H26N2. The number of hydrogen-bond acceptors (Lipinski definition) is 2. The van der Waals surface area contributed by atoms with Gasteiger partial charge >= 0.3 is 0 Å². The van der Waals surface area contributed by atoms with Gasteiger partial charge in [-0.25, -0.2) is 0 Å². The lowest BCUT2D eigenvalue weighted by molar-refractivity contribution is 0.154. The molecule has 1 aliphatic rings. The Labute approximate surface area is 89.1 Å². The summed E-state index contributed by atoms with van der Waals surface area (Å²) in [5.74, 6) is 0.932. The summed E-state index contributed by atoms with van der Waals surface area (Å²) in [5.41, 5.74) is 0. The van der Waals surface area contributed by atoms with Crippen molar-refractivity contribution in [1.29, 1.82) is 0 Å². The first kappa shape index (κ1) is 12.0. The molecule has 1 rings (SSSR count). The summed E-state index contributed by atoms with van der Waals surface area (Å²) in [6.45, 7) is 5.82. The zero-order chi connectivity index (χ0) is 10.6. The van der Waals surface area contributed by atoms with E-state index in [1.807, 2.05) is 7.05 Å². The van der Waals surface area contributed by atoms with Crippen LogP contribution in [0.4, 0.5) is 0 Å². The number of nitrogens with one attached hydrogen (secondary N) is 1. The van der Waals surface area contributed by atoms with Gasteiger partial charge in [0.15, 0.2) is 0 Å². The Morgan fingerprint density at radius 1 is 1.43 bits per heavy atom. The van der Waals surface area contributed by atoms with Gasteiger partial charge in [0.1, 0.15) is 0 Å². The highest BCUT2D eigenvalue weighted by atomic mass is 15.1. The van der Waals surface area contributed by atoms with Crippen molar-refractivity contribution in [2.75, 3.05) is 20.6 Å². The van der Waals surface area contributed by atoms with Crippen LogP contribution in [0.3, 0.4) is 0 Å². The molecular weight excluding hydrogens is 172 g/mol. The van der Waals surface area contributed by atoms with E-state index >= 15 is 0 Å². The van der Waals surface area contributed by atoms with Gasteiger partial charge in [-0.1, -0.05) is 19.8 Å². The summed E-state index contributed by atoms with van der Waals surface area (Å²) in [6, 6.07) is 1.44. The summed E-state index contributed by atoms with van der Waals surface area (Å²) in [4.78, 5) is 2.54. The second-order valence-corrected chi connectivity index (χ2v) is 5.05. The van der Waals surface area contributed by atoms with Crippen LogP contribution in [-0.2, 0) is 0 Å². The predicted octanol–water partition coefficient (Wildman–Crippen LogP) is 2.10. The van der Waals surface area contributed by atoms with Gasteiger partial charge in [0.25, 0.3) is 0 Å². The minimum atomic E-state index is 0.609. The standard InChI is InChI=1S/C12H26N2/c1-10-6-5-7-12(8-10)14(4)9-11(2)13-3/h10-13H,5-9H2,1-4H3. The molecule has 0 aliphatic heterocycles. The maximum atomic E-state index is 3.30. The average Bonchev–Trinajstić information content (AvgIpc) is 2.17. The Morgan fingerprint density at radius 3 is 2.71 bits per heavy atom. The van der Waals surface area contributed by atoms with Crippen LogP contribution in [0.15, 0.2) is 0 Å². The number of likely N-dealkylation sites (N-methyl/N-ethyl adjacent to an activating group) is 2. The molecule has 0 amide bonds. The van der Waals surface area contributed by atoms with Crippen molar-refractivity contribution in [1.82, 2.24) is 10.2 Å². The molecule has 84 valence electrons. The van der Waals surface area contributed by atoms with Crippen LogP contribution >= 0.6 is 0 Å². The van der Waals surface area contributed by atoms with Gasteiger partial charge in [-0.05, 0) is 39.8 Å². The highest BCUT2D eigenvalue weighted by Gasteiger charge is 2.22. The fraction of sp³-hybridized carbons (Fsp3) is 1.00. The lowest BCUT2D eigenvalue weighted by Gasteiger charge is -2.35. The van der Waals surface area contributed by atoms with Crippen LogP contribution in [0.1, 0.15) is 39.5 Å². The minimum absolute atomic E-state index is 0.609. The first-order valence-electron chi connectivity index (χ1n) is 6.01. The molecule has 3 atom stereocenters. The zero-order valence-electron chi connectivity index (χ0n) is 10.2. The van der Waals surface area contributed by atoms with Crippen molar-refractivity contribution < 1.29 is 0 Å². The second-order valence-electron chi connectivity index (χ2n) is 5.05. The molecule has 0 heterocycles. The molecule has 2 heteroatoms. The van der Waals surface area contributed by atoms with Crippen LogP contribution in [-0.4, -0.2) is 37.6 Å². The monoisotopic (exact) mass is 198 g/mol. The van der Waals surface area contributed by atoms with Gasteiger partial charge < -0.3 is 10.2 Å². The van der Waals surface area contributed by atoms with Crippen molar-refractivity contribution in [2.24, 2.45) is 5.92 Å². The van der Waals surface area contributed by atoms with E-state index in [-0.39, 0.29) is 0 Å². The molecule has 3 unspecified atom stereocenters. The normalized spacial score (nSPS) is 30.6. The molecule has 0 aromatic carbocycles. The second kappa shape index (κ2) is 5.72. The fourth-order valence-electron chi connectivity index (χ4n) is 2.47. The van der Waals surface area contributed by atoms with Crippen LogP contribution in [0, 0.1) is 5.92 Å². The van der Waals surface area contributed by atoms with Crippen molar-refractivity contribution in [2.45, 2.75) is 51.6 Å². The van der Waals surface area contributed by atoms with Crippen LogP contribution < -0.4 is 5.32 Å². The van der Waals surface area contributed by atoms with Crippen LogP contribution in [0.5, 0.6) is 0 Å². The summed E-state index contributed by atoms with van der Waals surface area (Å²) < 4.78 is 0. The van der Waals surface area contributed by atoms with E-state index < -0.39 is 0 Å². The Kier molecular flexibility index (Phi) is 4.90. The van der Waals surface area contributed by atoms with Gasteiger partial charge in [-0.2, -0.15) is 0 Å². The molecule has 2 nitrogen and oxygen atoms in total. The van der Waals surface area contributed by atoms with Gasteiger partial charge in [-0.3, -0.25) is 0 Å². The van der Waals surface area contributed by atoms with E-state index in [0.29, 0.717) is 6.04 Å². The maximum absolute atomic E-state index is 3.30. The number of hydrogen-bond donors (Lipinski definition) is 1. The molecule has 1 aliphatic carbocycles. The van der Waals surface area contributed by atoms with Gasteiger partial charge in [0.2, 0.25) is 0 Å². The lowest BCUT2D eigenvalue weighted by Crippen LogP contribution is -2.42. The topological polar surface area (TPSA) is 15.3 Å². The Hall–Kier alpha value is -0.0800. The van der Waals surface area contributed by atoms with E-state index in [9.17, 15) is 0 Å². The quantitative estimate of drug-likeness (QED) is 0.744. The Balaban J connectivity index is 2.31. The first-order valence-corrected chi connectivity index (χ1v) is 6.01. The van der Waals surface area contributed by atoms with Gasteiger partial charge in [0.05, 0.1) is 0 Å². The van der Waals surface area contributed by atoms with Crippen molar-refractivity contribution in [3.63, 3.8) is 0 Å². The molecule has 0 saturated heterocycles. The molecule has 1 N–H and O–H groups in total. The minimum Gasteiger partial charge on any atom is -0.316 e. The van der Waals surface area contributed by atoms with E-state index in [1.165, 1.54) is 32.2 Å². The fourth-order valence-corrected chi connectivity index (χ4v) is 2.47. The Bertz CT molecular complexity index is 158. The van der Waals surface area contributed by atoms with E-state index in [0.717, 1.165) is 12.0 Å². The highest BCUT2D eigenvalue weighted by molar-refractivity contribution is 4.78. The third-order valence-corrected chi connectivity index (χ3v) is 3.59. The summed E-state index contributed by atoms with van der Waals surface area (Å²) in [7, 11) is 4.32. The van der Waals surface area contributed by atoms with Crippen molar-refractivity contribution in [3.05, 3.63) is 0 Å². The molecule has 0 aromatic heterocycles. The summed E-state index contributed by atoms with van der Waals surface area (Å²) in [6.07, 6.45) is 5.65. The Morgan fingerprint density at radius 2 is 2.14 bits per heavy atom. The predicted molar refractivity (Wildman–Crippen MR) is 62.6 cm³/mol. The zero-order valence-corrected chi connectivity index (χ0v) is 10.2. The molecule has 0 radical (unpaired) electrons. The van der Waals surface area contributed by atoms with E-state index in [2.05, 4.69) is 31.1 Å². The molecule has 0 spiro atoms. The highest BCUT2D eigenvalue weighted by Crippen LogP contribution is 2.26. The SMILES string of the molecule is CNC(C)CN(C)C1CCCC(C)C1.